The van der Waals surface area contributed by atoms with Crippen LogP contribution in [0.4, 0.5) is 0 Å². The van der Waals surface area contributed by atoms with Crippen LogP contribution in [0.5, 0.6) is 0 Å². The Kier molecular flexibility index (Phi) is 5.43. The highest BCUT2D eigenvalue weighted by molar-refractivity contribution is 6.42. The number of carbonyl (C=O) groups excluding carboxylic acids is 1. The number of fused-ring (bicyclic) bond motifs is 1. The van der Waals surface area contributed by atoms with Gasteiger partial charge in [0.25, 0.3) is 5.91 Å². The van der Waals surface area contributed by atoms with Gasteiger partial charge in [0.15, 0.2) is 5.69 Å². The second-order valence-corrected chi connectivity index (χ2v) is 6.55. The molecule has 1 amide bonds. The molecule has 0 spiro atoms. The van der Waals surface area contributed by atoms with Crippen LogP contribution >= 0.6 is 23.2 Å². The fourth-order valence-electron chi connectivity index (χ4n) is 2.95. The number of ether oxygens (including phenoxy) is 1. The summed E-state index contributed by atoms with van der Waals surface area (Å²) >= 11 is 12.1. The van der Waals surface area contributed by atoms with Crippen molar-refractivity contribution in [3.63, 3.8) is 0 Å². The number of amides is 1. The number of nitrogens with one attached hydrogen (secondary N) is 1. The summed E-state index contributed by atoms with van der Waals surface area (Å²) in [7, 11) is 1.65. The van der Waals surface area contributed by atoms with E-state index in [9.17, 15) is 4.79 Å². The quantitative estimate of drug-likeness (QED) is 0.795. The molecule has 1 N–H and O–H groups in total. The van der Waals surface area contributed by atoms with E-state index in [1.807, 2.05) is 10.7 Å². The first-order valence-corrected chi connectivity index (χ1v) is 8.70. The molecule has 0 aliphatic heterocycles. The fourth-order valence-corrected chi connectivity index (χ4v) is 3.24. The summed E-state index contributed by atoms with van der Waals surface area (Å²) in [5.74, 6) is -0.136. The van der Waals surface area contributed by atoms with Gasteiger partial charge in [0.05, 0.1) is 15.7 Å². The monoisotopic (exact) mass is 367 g/mol. The molecule has 1 aromatic heterocycles. The molecule has 0 atom stereocenters. The number of nitrogens with zero attached hydrogens (tertiary/aromatic N) is 2. The molecule has 7 heteroatoms. The zero-order valence-corrected chi connectivity index (χ0v) is 15.0. The Labute approximate surface area is 150 Å². The molecule has 1 aliphatic rings. The van der Waals surface area contributed by atoms with E-state index < -0.39 is 0 Å². The predicted molar refractivity (Wildman–Crippen MR) is 94.4 cm³/mol. The largest absolute Gasteiger partial charge is 0.385 e. The van der Waals surface area contributed by atoms with Gasteiger partial charge in [0, 0.05) is 31.5 Å². The van der Waals surface area contributed by atoms with Crippen LogP contribution in [0.2, 0.25) is 10.0 Å². The van der Waals surface area contributed by atoms with E-state index in [-0.39, 0.29) is 5.91 Å². The van der Waals surface area contributed by atoms with E-state index >= 15 is 0 Å². The molecule has 0 fully saturated rings. The lowest BCUT2D eigenvalue weighted by Gasteiger charge is -2.07. The third kappa shape index (κ3) is 3.43. The number of rotatable bonds is 6. The van der Waals surface area contributed by atoms with Gasteiger partial charge in [-0.1, -0.05) is 23.2 Å². The van der Waals surface area contributed by atoms with Crippen LogP contribution in [0.25, 0.3) is 5.69 Å². The number of aromatic nitrogens is 2. The Morgan fingerprint density at radius 3 is 2.92 bits per heavy atom. The van der Waals surface area contributed by atoms with E-state index in [1.54, 1.807) is 19.2 Å². The van der Waals surface area contributed by atoms with Crippen LogP contribution < -0.4 is 5.32 Å². The van der Waals surface area contributed by atoms with Gasteiger partial charge in [-0.15, -0.1) is 0 Å². The molecular formula is C17H19Cl2N3O2. The lowest BCUT2D eigenvalue weighted by atomic mass is 10.2. The highest BCUT2D eigenvalue weighted by atomic mass is 35.5. The molecule has 1 aliphatic carbocycles. The summed E-state index contributed by atoms with van der Waals surface area (Å²) in [6.07, 6.45) is 3.58. The highest BCUT2D eigenvalue weighted by Gasteiger charge is 2.26. The minimum absolute atomic E-state index is 0.136. The SMILES string of the molecule is COCCCNC(=O)c1nn(-c2ccc(Cl)c(Cl)c2)c2c1CCC2. The maximum Gasteiger partial charge on any atom is 0.272 e. The lowest BCUT2D eigenvalue weighted by Crippen LogP contribution is -2.26. The van der Waals surface area contributed by atoms with Gasteiger partial charge >= 0.3 is 0 Å². The van der Waals surface area contributed by atoms with Crippen molar-refractivity contribution < 1.29 is 9.53 Å². The van der Waals surface area contributed by atoms with Crippen LogP contribution in [0.1, 0.15) is 34.6 Å². The average molecular weight is 368 g/mol. The summed E-state index contributed by atoms with van der Waals surface area (Å²) in [6, 6.07) is 5.38. The summed E-state index contributed by atoms with van der Waals surface area (Å²) in [4.78, 5) is 12.5. The van der Waals surface area contributed by atoms with E-state index in [0.29, 0.717) is 28.9 Å². The molecular weight excluding hydrogens is 349 g/mol. The highest BCUT2D eigenvalue weighted by Crippen LogP contribution is 2.30. The Bertz CT molecular complexity index is 759. The molecule has 2 aromatic rings. The zero-order chi connectivity index (χ0) is 17.1. The van der Waals surface area contributed by atoms with Crippen molar-refractivity contribution in [1.82, 2.24) is 15.1 Å². The Hall–Kier alpha value is -1.56. The van der Waals surface area contributed by atoms with Gasteiger partial charge in [-0.3, -0.25) is 4.79 Å². The molecule has 24 heavy (non-hydrogen) atoms. The molecule has 0 unspecified atom stereocenters. The minimum Gasteiger partial charge on any atom is -0.385 e. The summed E-state index contributed by atoms with van der Waals surface area (Å²) in [5, 5.41) is 8.42. The summed E-state index contributed by atoms with van der Waals surface area (Å²) in [5.41, 5.74) is 3.44. The fraction of sp³-hybridized carbons (Fsp3) is 0.412. The smallest absolute Gasteiger partial charge is 0.272 e. The third-order valence-corrected chi connectivity index (χ3v) is 4.84. The number of methoxy groups -OCH3 is 1. The Balaban J connectivity index is 1.87. The van der Waals surface area contributed by atoms with E-state index in [1.165, 1.54) is 0 Å². The van der Waals surface area contributed by atoms with Gasteiger partial charge in [-0.05, 0) is 43.9 Å². The number of benzene rings is 1. The first-order chi connectivity index (χ1) is 11.6. The maximum absolute atomic E-state index is 12.5. The van der Waals surface area contributed by atoms with Crippen molar-refractivity contribution in [2.24, 2.45) is 0 Å². The van der Waals surface area contributed by atoms with Gasteiger partial charge in [0.1, 0.15) is 0 Å². The van der Waals surface area contributed by atoms with Crippen molar-refractivity contribution in [1.29, 1.82) is 0 Å². The van der Waals surface area contributed by atoms with Crippen molar-refractivity contribution in [2.75, 3.05) is 20.3 Å². The standard InChI is InChI=1S/C17H19Cl2N3O2/c1-24-9-3-8-20-17(23)16-12-4-2-5-15(12)22(21-16)11-6-7-13(18)14(19)10-11/h6-7,10H,2-5,8-9H2,1H3,(H,20,23). The molecule has 3 rings (SSSR count). The minimum atomic E-state index is -0.136. The van der Waals surface area contributed by atoms with Gasteiger partial charge < -0.3 is 10.1 Å². The maximum atomic E-state index is 12.5. The molecule has 1 aromatic carbocycles. The first kappa shape index (κ1) is 17.3. The molecule has 0 saturated heterocycles. The molecule has 0 saturated carbocycles. The molecule has 0 radical (unpaired) electrons. The topological polar surface area (TPSA) is 56.1 Å². The van der Waals surface area contributed by atoms with Gasteiger partial charge in [-0.25, -0.2) is 4.68 Å². The molecule has 0 bridgehead atoms. The number of hydrogen-bond donors (Lipinski definition) is 1. The van der Waals surface area contributed by atoms with Crippen LogP contribution in [0.3, 0.4) is 0 Å². The van der Waals surface area contributed by atoms with E-state index in [2.05, 4.69) is 10.4 Å². The van der Waals surface area contributed by atoms with Crippen molar-refractivity contribution >= 4 is 29.1 Å². The zero-order valence-electron chi connectivity index (χ0n) is 13.4. The van der Waals surface area contributed by atoms with Gasteiger partial charge in [-0.2, -0.15) is 5.10 Å². The van der Waals surface area contributed by atoms with Crippen molar-refractivity contribution in [3.05, 3.63) is 45.2 Å². The van der Waals surface area contributed by atoms with Crippen LogP contribution in [0.15, 0.2) is 18.2 Å². The first-order valence-electron chi connectivity index (χ1n) is 7.95. The number of hydrogen-bond acceptors (Lipinski definition) is 3. The molecule has 1 heterocycles. The van der Waals surface area contributed by atoms with E-state index in [0.717, 1.165) is 42.6 Å². The third-order valence-electron chi connectivity index (χ3n) is 4.10. The summed E-state index contributed by atoms with van der Waals surface area (Å²) < 4.78 is 6.81. The normalized spacial score (nSPS) is 13.1. The molecule has 5 nitrogen and oxygen atoms in total. The van der Waals surface area contributed by atoms with Crippen LogP contribution in [-0.4, -0.2) is 35.9 Å². The predicted octanol–water partition coefficient (Wildman–Crippen LogP) is 3.43. The second-order valence-electron chi connectivity index (χ2n) is 5.74. The van der Waals surface area contributed by atoms with Crippen LogP contribution in [-0.2, 0) is 17.6 Å². The lowest BCUT2D eigenvalue weighted by molar-refractivity contribution is 0.0942. The van der Waals surface area contributed by atoms with Crippen molar-refractivity contribution in [2.45, 2.75) is 25.7 Å². The number of carbonyl (C=O) groups is 1. The average Bonchev–Trinajstić information content (AvgIpc) is 3.16. The second kappa shape index (κ2) is 7.55. The van der Waals surface area contributed by atoms with E-state index in [4.69, 9.17) is 27.9 Å². The molecule has 128 valence electrons. The summed E-state index contributed by atoms with van der Waals surface area (Å²) in [6.45, 7) is 1.19. The number of halogens is 2. The Morgan fingerprint density at radius 2 is 2.17 bits per heavy atom. The Morgan fingerprint density at radius 1 is 1.33 bits per heavy atom. The van der Waals surface area contributed by atoms with Crippen molar-refractivity contribution in [3.8, 4) is 5.69 Å². The van der Waals surface area contributed by atoms with Crippen LogP contribution in [0, 0.1) is 0 Å². The van der Waals surface area contributed by atoms with Gasteiger partial charge in [0.2, 0.25) is 0 Å².